The molecule has 0 heterocycles. The second-order valence-electron chi connectivity index (χ2n) is 6.47. The van der Waals surface area contributed by atoms with Crippen molar-refractivity contribution in [3.05, 3.63) is 87.9 Å². The Labute approximate surface area is 184 Å². The SMILES string of the molecule is COc1cc(/C=N\NS(=O)(=O)c2ccc(C)cc2)cc(Br)c1OCc1ccccc1. The molecule has 0 aliphatic heterocycles. The van der Waals surface area contributed by atoms with E-state index in [9.17, 15) is 8.42 Å². The molecule has 0 spiro atoms. The molecular weight excluding hydrogens is 468 g/mol. The first kappa shape index (κ1) is 21.9. The van der Waals surface area contributed by atoms with E-state index in [0.717, 1.165) is 11.1 Å². The molecule has 0 aliphatic carbocycles. The van der Waals surface area contributed by atoms with Gasteiger partial charge in [-0.15, -0.1) is 0 Å². The zero-order chi connectivity index (χ0) is 21.6. The first-order valence-electron chi connectivity index (χ1n) is 9.05. The van der Waals surface area contributed by atoms with Gasteiger partial charge in [0.2, 0.25) is 0 Å². The third kappa shape index (κ3) is 5.61. The van der Waals surface area contributed by atoms with Crippen molar-refractivity contribution >= 4 is 32.2 Å². The third-order valence-electron chi connectivity index (χ3n) is 4.20. The molecule has 0 saturated heterocycles. The summed E-state index contributed by atoms with van der Waals surface area (Å²) in [5.74, 6) is 1.06. The van der Waals surface area contributed by atoms with E-state index < -0.39 is 10.0 Å². The highest BCUT2D eigenvalue weighted by molar-refractivity contribution is 9.10. The number of nitrogens with zero attached hydrogens (tertiary/aromatic N) is 1. The standard InChI is InChI=1S/C22H21BrN2O4S/c1-16-8-10-19(11-9-16)30(26,27)25-24-14-18-12-20(23)22(21(13-18)28-2)29-15-17-6-4-3-5-7-17/h3-14,25H,15H2,1-2H3/b24-14-. The average Bonchev–Trinajstić information content (AvgIpc) is 2.73. The quantitative estimate of drug-likeness (QED) is 0.369. The average molecular weight is 489 g/mol. The number of hydrazone groups is 1. The number of nitrogens with one attached hydrogen (secondary N) is 1. The highest BCUT2D eigenvalue weighted by atomic mass is 79.9. The van der Waals surface area contributed by atoms with Crippen LogP contribution in [0.25, 0.3) is 0 Å². The fourth-order valence-electron chi connectivity index (χ4n) is 2.62. The van der Waals surface area contributed by atoms with Gasteiger partial charge in [0, 0.05) is 0 Å². The Morgan fingerprint density at radius 3 is 2.43 bits per heavy atom. The van der Waals surface area contributed by atoms with Crippen molar-refractivity contribution in [2.75, 3.05) is 7.11 Å². The van der Waals surface area contributed by atoms with Crippen LogP contribution < -0.4 is 14.3 Å². The van der Waals surface area contributed by atoms with Gasteiger partial charge in [0.15, 0.2) is 11.5 Å². The maximum absolute atomic E-state index is 12.3. The second kappa shape index (κ2) is 9.77. The maximum Gasteiger partial charge on any atom is 0.276 e. The number of rotatable bonds is 8. The van der Waals surface area contributed by atoms with E-state index in [1.54, 1.807) is 24.3 Å². The number of halogens is 1. The number of sulfonamides is 1. The Morgan fingerprint density at radius 1 is 1.07 bits per heavy atom. The molecule has 6 nitrogen and oxygen atoms in total. The van der Waals surface area contributed by atoms with Crippen LogP contribution in [0.5, 0.6) is 11.5 Å². The Hall–Kier alpha value is -2.84. The fourth-order valence-corrected chi connectivity index (χ4v) is 3.99. The minimum Gasteiger partial charge on any atom is -0.493 e. The predicted molar refractivity (Wildman–Crippen MR) is 121 cm³/mol. The smallest absolute Gasteiger partial charge is 0.276 e. The summed E-state index contributed by atoms with van der Waals surface area (Å²) in [7, 11) is -2.20. The normalized spacial score (nSPS) is 11.4. The van der Waals surface area contributed by atoms with E-state index in [0.29, 0.717) is 28.1 Å². The summed E-state index contributed by atoms with van der Waals surface area (Å²) < 4.78 is 36.6. The molecule has 0 fully saturated rings. The van der Waals surface area contributed by atoms with Crippen LogP contribution in [0.3, 0.4) is 0 Å². The van der Waals surface area contributed by atoms with Gasteiger partial charge in [0.05, 0.1) is 22.7 Å². The van der Waals surface area contributed by atoms with Gasteiger partial charge in [0.1, 0.15) is 6.61 Å². The van der Waals surface area contributed by atoms with Crippen LogP contribution in [0.1, 0.15) is 16.7 Å². The highest BCUT2D eigenvalue weighted by Gasteiger charge is 2.13. The first-order chi connectivity index (χ1) is 14.4. The molecule has 1 N–H and O–H groups in total. The number of hydrogen-bond donors (Lipinski definition) is 1. The summed E-state index contributed by atoms with van der Waals surface area (Å²) in [6.45, 7) is 2.28. The summed E-state index contributed by atoms with van der Waals surface area (Å²) in [5.41, 5.74) is 2.64. The van der Waals surface area contributed by atoms with Crippen LogP contribution >= 0.6 is 15.9 Å². The monoisotopic (exact) mass is 488 g/mol. The van der Waals surface area contributed by atoms with Gasteiger partial charge >= 0.3 is 0 Å². The van der Waals surface area contributed by atoms with Crippen molar-refractivity contribution in [3.63, 3.8) is 0 Å². The molecular formula is C22H21BrN2O4S. The van der Waals surface area contributed by atoms with Crippen LogP contribution in [-0.4, -0.2) is 21.7 Å². The number of aryl methyl sites for hydroxylation is 1. The molecule has 0 aliphatic rings. The molecule has 0 unspecified atom stereocenters. The van der Waals surface area contributed by atoms with Crippen LogP contribution in [0.2, 0.25) is 0 Å². The summed E-state index contributed by atoms with van der Waals surface area (Å²) in [6.07, 6.45) is 1.40. The van der Waals surface area contributed by atoms with Crippen LogP contribution in [0.15, 0.2) is 81.2 Å². The second-order valence-corrected chi connectivity index (χ2v) is 8.99. The molecule has 0 atom stereocenters. The molecule has 30 heavy (non-hydrogen) atoms. The van der Waals surface area contributed by atoms with Gasteiger partial charge in [-0.25, -0.2) is 4.83 Å². The summed E-state index contributed by atoms with van der Waals surface area (Å²) >= 11 is 3.48. The molecule has 3 rings (SSSR count). The number of ether oxygens (including phenoxy) is 2. The van der Waals surface area contributed by atoms with Gasteiger partial charge in [-0.1, -0.05) is 48.0 Å². The number of hydrogen-bond acceptors (Lipinski definition) is 5. The van der Waals surface area contributed by atoms with Crippen LogP contribution in [0.4, 0.5) is 0 Å². The lowest BCUT2D eigenvalue weighted by Gasteiger charge is -2.13. The third-order valence-corrected chi connectivity index (χ3v) is 6.02. The summed E-state index contributed by atoms with van der Waals surface area (Å²) in [6, 6.07) is 19.8. The first-order valence-corrected chi connectivity index (χ1v) is 11.3. The zero-order valence-corrected chi connectivity index (χ0v) is 18.9. The van der Waals surface area contributed by atoms with Crippen molar-refractivity contribution in [1.82, 2.24) is 4.83 Å². The Balaban J connectivity index is 1.73. The maximum atomic E-state index is 12.3. The van der Waals surface area contributed by atoms with Crippen LogP contribution in [0, 0.1) is 6.92 Å². The van der Waals surface area contributed by atoms with E-state index in [1.807, 2.05) is 37.3 Å². The topological polar surface area (TPSA) is 77.0 Å². The van der Waals surface area contributed by atoms with E-state index in [-0.39, 0.29) is 4.90 Å². The molecule has 0 aromatic heterocycles. The molecule has 0 radical (unpaired) electrons. The molecule has 0 saturated carbocycles. The Bertz CT molecular complexity index is 1130. The largest absolute Gasteiger partial charge is 0.493 e. The van der Waals surface area contributed by atoms with Crippen molar-refractivity contribution in [1.29, 1.82) is 0 Å². The van der Waals surface area contributed by atoms with E-state index in [4.69, 9.17) is 9.47 Å². The number of methoxy groups -OCH3 is 1. The van der Waals surface area contributed by atoms with Gasteiger partial charge < -0.3 is 9.47 Å². The van der Waals surface area contributed by atoms with Gasteiger partial charge in [-0.3, -0.25) is 0 Å². The van der Waals surface area contributed by atoms with Crippen molar-refractivity contribution < 1.29 is 17.9 Å². The van der Waals surface area contributed by atoms with Crippen molar-refractivity contribution in [2.24, 2.45) is 5.10 Å². The summed E-state index contributed by atoms with van der Waals surface area (Å²) in [4.78, 5) is 2.36. The fraction of sp³-hybridized carbons (Fsp3) is 0.136. The minimum atomic E-state index is -3.74. The molecule has 0 bridgehead atoms. The molecule has 3 aromatic rings. The van der Waals surface area contributed by atoms with Gasteiger partial charge in [-0.05, 0) is 58.2 Å². The highest BCUT2D eigenvalue weighted by Crippen LogP contribution is 2.36. The lowest BCUT2D eigenvalue weighted by atomic mass is 10.2. The zero-order valence-electron chi connectivity index (χ0n) is 16.5. The predicted octanol–water partition coefficient (Wildman–Crippen LogP) is 4.66. The minimum absolute atomic E-state index is 0.147. The Kier molecular flexibility index (Phi) is 7.12. The molecule has 3 aromatic carbocycles. The lowest BCUT2D eigenvalue weighted by Crippen LogP contribution is -2.18. The van der Waals surface area contributed by atoms with E-state index in [2.05, 4.69) is 25.9 Å². The number of benzene rings is 3. The van der Waals surface area contributed by atoms with Gasteiger partial charge in [0.25, 0.3) is 10.0 Å². The lowest BCUT2D eigenvalue weighted by molar-refractivity contribution is 0.282. The van der Waals surface area contributed by atoms with Crippen molar-refractivity contribution in [3.8, 4) is 11.5 Å². The molecule has 8 heteroatoms. The van der Waals surface area contributed by atoms with Crippen molar-refractivity contribution in [2.45, 2.75) is 18.4 Å². The summed E-state index contributed by atoms with van der Waals surface area (Å²) in [5, 5.41) is 3.87. The van der Waals surface area contributed by atoms with Gasteiger partial charge in [-0.2, -0.15) is 13.5 Å². The van der Waals surface area contributed by atoms with Crippen LogP contribution in [-0.2, 0) is 16.6 Å². The molecule has 0 amide bonds. The van der Waals surface area contributed by atoms with E-state index in [1.165, 1.54) is 25.5 Å². The van der Waals surface area contributed by atoms with E-state index >= 15 is 0 Å². The molecule has 156 valence electrons. The Morgan fingerprint density at radius 2 is 1.77 bits per heavy atom.